The highest BCUT2D eigenvalue weighted by Crippen LogP contribution is 2.32. The first-order chi connectivity index (χ1) is 28.0. The smallest absolute Gasteiger partial charge is 0.226 e. The maximum Gasteiger partial charge on any atom is 0.226 e. The number of carbonyl (C=O) groups excluding carboxylic acids is 5. The van der Waals surface area contributed by atoms with Crippen LogP contribution in [0.5, 0.6) is 0 Å². The molecule has 1 aliphatic heterocycles. The number of nitrogens with one attached hydrogen (secondary N) is 1. The SMILES string of the molecule is CC[C@H](C)[C@@H]([C@@H](CC(=O)N1CCC[C@H]1[C@H](OC)[C@@H](C)C(=O)C[C@@H](CCS(C)(=O)=O)C(=O)NCc1ccc(C)cc1)OC)N(C)C(=O)[C@@H](CC(=O)[C@H](C(C)C)N(C)C)C(C)C. The van der Waals surface area contributed by atoms with Gasteiger partial charge in [0, 0.05) is 71.2 Å². The summed E-state index contributed by atoms with van der Waals surface area (Å²) in [4.78, 5) is 75.0. The second kappa shape index (κ2) is 24.4. The maximum atomic E-state index is 14.4. The van der Waals surface area contributed by atoms with Crippen LogP contribution in [-0.4, -0.2) is 137 Å². The number of methoxy groups -OCH3 is 2. The molecule has 13 nitrogen and oxygen atoms in total. The van der Waals surface area contributed by atoms with Crippen molar-refractivity contribution < 1.29 is 41.9 Å². The highest BCUT2D eigenvalue weighted by molar-refractivity contribution is 7.90. The lowest BCUT2D eigenvalue weighted by molar-refractivity contribution is -0.149. The van der Waals surface area contributed by atoms with Crippen molar-refractivity contribution in [2.24, 2.45) is 35.5 Å². The summed E-state index contributed by atoms with van der Waals surface area (Å²) in [6.45, 7) is 16.4. The van der Waals surface area contributed by atoms with Crippen LogP contribution in [0.15, 0.2) is 24.3 Å². The van der Waals surface area contributed by atoms with Crippen LogP contribution in [-0.2, 0) is 49.8 Å². The zero-order chi connectivity index (χ0) is 45.6. The molecule has 1 heterocycles. The number of hydrogen-bond acceptors (Lipinski definition) is 10. The topological polar surface area (TPSA) is 160 Å². The van der Waals surface area contributed by atoms with Crippen LogP contribution >= 0.6 is 0 Å². The van der Waals surface area contributed by atoms with Crippen molar-refractivity contribution in [2.45, 2.75) is 137 Å². The van der Waals surface area contributed by atoms with E-state index in [4.69, 9.17) is 9.47 Å². The molecule has 1 fully saturated rings. The molecular formula is C46H78N4O9S. The highest BCUT2D eigenvalue weighted by atomic mass is 32.2. The molecule has 0 aromatic heterocycles. The van der Waals surface area contributed by atoms with Crippen LogP contribution in [0.4, 0.5) is 0 Å². The molecule has 0 aliphatic carbocycles. The highest BCUT2D eigenvalue weighted by Gasteiger charge is 2.43. The Kier molecular flexibility index (Phi) is 21.6. The number of sulfone groups is 1. The second-order valence-electron chi connectivity index (χ2n) is 18.3. The maximum absolute atomic E-state index is 14.4. The second-order valence-corrected chi connectivity index (χ2v) is 20.5. The fourth-order valence-electron chi connectivity index (χ4n) is 8.95. The van der Waals surface area contributed by atoms with Crippen molar-refractivity contribution >= 4 is 39.1 Å². The first-order valence-electron chi connectivity index (χ1n) is 21.8. The van der Waals surface area contributed by atoms with Gasteiger partial charge in [-0.3, -0.25) is 28.9 Å². The van der Waals surface area contributed by atoms with Gasteiger partial charge in [-0.2, -0.15) is 0 Å². The molecule has 0 bridgehead atoms. The lowest BCUT2D eigenvalue weighted by Crippen LogP contribution is -2.54. The van der Waals surface area contributed by atoms with Crippen molar-refractivity contribution in [3.63, 3.8) is 0 Å². The van der Waals surface area contributed by atoms with Crippen LogP contribution in [0.2, 0.25) is 0 Å². The van der Waals surface area contributed by atoms with Crippen molar-refractivity contribution in [2.75, 3.05) is 53.9 Å². The first kappa shape index (κ1) is 52.9. The zero-order valence-corrected chi connectivity index (χ0v) is 40.0. The number of hydrogen-bond donors (Lipinski definition) is 1. The molecule has 1 aromatic carbocycles. The summed E-state index contributed by atoms with van der Waals surface area (Å²) in [6.07, 6.45) is 1.77. The third-order valence-electron chi connectivity index (χ3n) is 12.7. The van der Waals surface area contributed by atoms with E-state index in [2.05, 4.69) is 5.32 Å². The lowest BCUT2D eigenvalue weighted by Gasteiger charge is -2.41. The molecule has 9 atom stereocenters. The van der Waals surface area contributed by atoms with Gasteiger partial charge in [0.2, 0.25) is 17.7 Å². The van der Waals surface area contributed by atoms with E-state index in [1.165, 1.54) is 7.11 Å². The molecule has 60 heavy (non-hydrogen) atoms. The molecular weight excluding hydrogens is 785 g/mol. The monoisotopic (exact) mass is 863 g/mol. The van der Waals surface area contributed by atoms with E-state index in [-0.39, 0.29) is 85.2 Å². The van der Waals surface area contributed by atoms with Gasteiger partial charge in [-0.1, -0.05) is 84.7 Å². The number of rotatable bonds is 26. The summed E-state index contributed by atoms with van der Waals surface area (Å²) in [7, 11) is 5.19. The van der Waals surface area contributed by atoms with E-state index in [0.717, 1.165) is 23.8 Å². The fraction of sp³-hybridized carbons (Fsp3) is 0.761. The number of carbonyl (C=O) groups is 5. The Morgan fingerprint density at radius 2 is 1.50 bits per heavy atom. The molecule has 1 N–H and O–H groups in total. The Morgan fingerprint density at radius 3 is 2.00 bits per heavy atom. The Bertz CT molecular complexity index is 1660. The van der Waals surface area contributed by atoms with E-state index in [9.17, 15) is 32.4 Å². The normalized spacial score (nSPS) is 18.8. The van der Waals surface area contributed by atoms with Crippen LogP contribution in [0.3, 0.4) is 0 Å². The summed E-state index contributed by atoms with van der Waals surface area (Å²) in [5, 5.41) is 2.89. The Hall–Kier alpha value is -3.20. The lowest BCUT2D eigenvalue weighted by atomic mass is 9.83. The van der Waals surface area contributed by atoms with Crippen molar-refractivity contribution in [1.29, 1.82) is 0 Å². The van der Waals surface area contributed by atoms with E-state index < -0.39 is 57.8 Å². The summed E-state index contributed by atoms with van der Waals surface area (Å²) in [5.74, 6) is -3.33. The number of benzene rings is 1. The van der Waals surface area contributed by atoms with E-state index in [1.807, 2.05) is 91.7 Å². The molecule has 0 spiro atoms. The minimum atomic E-state index is -3.40. The van der Waals surface area contributed by atoms with E-state index in [0.29, 0.717) is 19.4 Å². The van der Waals surface area contributed by atoms with Crippen molar-refractivity contribution in [1.82, 2.24) is 20.0 Å². The van der Waals surface area contributed by atoms with Crippen LogP contribution in [0, 0.1) is 42.4 Å². The summed E-state index contributed by atoms with van der Waals surface area (Å²) >= 11 is 0. The Labute approximate surface area is 362 Å². The minimum Gasteiger partial charge on any atom is -0.379 e. The molecule has 1 aliphatic rings. The van der Waals surface area contributed by atoms with Gasteiger partial charge in [-0.05, 0) is 63.6 Å². The van der Waals surface area contributed by atoms with Crippen LogP contribution in [0.25, 0.3) is 0 Å². The number of ether oxygens (including phenoxy) is 2. The Morgan fingerprint density at radius 1 is 0.883 bits per heavy atom. The van der Waals surface area contributed by atoms with Gasteiger partial charge in [0.25, 0.3) is 0 Å². The number of amides is 3. The molecule has 0 radical (unpaired) electrons. The predicted molar refractivity (Wildman–Crippen MR) is 237 cm³/mol. The first-order valence-corrected chi connectivity index (χ1v) is 23.9. The number of likely N-dealkylation sites (tertiary alicyclic amines) is 1. The van der Waals surface area contributed by atoms with Crippen molar-refractivity contribution in [3.05, 3.63) is 35.4 Å². The van der Waals surface area contributed by atoms with Crippen molar-refractivity contribution in [3.8, 4) is 0 Å². The summed E-state index contributed by atoms with van der Waals surface area (Å²) in [6, 6.07) is 6.51. The van der Waals surface area contributed by atoms with E-state index >= 15 is 0 Å². The average molecular weight is 863 g/mol. The van der Waals surface area contributed by atoms with Gasteiger partial charge in [0.1, 0.15) is 15.6 Å². The number of likely N-dealkylation sites (N-methyl/N-ethyl adjacent to an activating group) is 2. The van der Waals surface area contributed by atoms with Gasteiger partial charge >= 0.3 is 0 Å². The zero-order valence-electron chi connectivity index (χ0n) is 39.2. The van der Waals surface area contributed by atoms with Gasteiger partial charge < -0.3 is 24.6 Å². The fourth-order valence-corrected chi connectivity index (χ4v) is 9.67. The van der Waals surface area contributed by atoms with Crippen LogP contribution in [0.1, 0.15) is 105 Å². The Balaban J connectivity index is 2.29. The third kappa shape index (κ3) is 15.3. The van der Waals surface area contributed by atoms with Crippen LogP contribution < -0.4 is 5.32 Å². The van der Waals surface area contributed by atoms with E-state index in [1.54, 1.807) is 30.9 Å². The molecule has 0 unspecified atom stereocenters. The molecule has 0 saturated carbocycles. The minimum absolute atomic E-state index is 0.00180. The number of nitrogens with zero attached hydrogens (tertiary/aromatic N) is 3. The summed E-state index contributed by atoms with van der Waals surface area (Å²) in [5.41, 5.74) is 1.97. The van der Waals surface area contributed by atoms with Gasteiger partial charge in [0.15, 0.2) is 5.78 Å². The predicted octanol–water partition coefficient (Wildman–Crippen LogP) is 5.36. The number of ketones is 2. The molecule has 342 valence electrons. The molecule has 14 heteroatoms. The third-order valence-corrected chi connectivity index (χ3v) is 13.6. The van der Waals surface area contributed by atoms with Gasteiger partial charge in [-0.15, -0.1) is 0 Å². The van der Waals surface area contributed by atoms with Gasteiger partial charge in [-0.25, -0.2) is 8.42 Å². The summed E-state index contributed by atoms with van der Waals surface area (Å²) < 4.78 is 36.3. The molecule has 1 saturated heterocycles. The molecule has 1 aromatic rings. The quantitative estimate of drug-likeness (QED) is 0.129. The average Bonchev–Trinajstić information content (AvgIpc) is 3.66. The molecule has 3 amide bonds. The van der Waals surface area contributed by atoms with Gasteiger partial charge in [0.05, 0.1) is 42.5 Å². The number of aryl methyl sites for hydroxylation is 1. The number of Topliss-reactive ketones (excluding diaryl/α,β-unsaturated/α-hetero) is 2. The largest absolute Gasteiger partial charge is 0.379 e. The standard InChI is InChI=1S/C46H78N4O9S/c1-15-32(7)43(49(11)46(55)36(29(2)3)26-39(52)42(30(4)5)48(9)10)40(58-12)27-41(53)50-23-16-17-37(50)44(59-13)33(8)38(51)25-35(22-24-60(14,56)57)45(54)47-28-34-20-18-31(6)19-21-34/h18-21,29-30,32-33,35-37,40,42-44H,15-17,22-28H2,1-14H3,(H,47,54)/t32-,33-,35+,36-,37-,40+,42-,43-,44+/m0/s1. The molecule has 2 rings (SSSR count).